The second kappa shape index (κ2) is 12.8. The molecule has 0 aliphatic heterocycles. The first-order chi connectivity index (χ1) is 16.4. The van der Waals surface area contributed by atoms with Crippen molar-refractivity contribution in [1.29, 1.82) is 0 Å². The summed E-state index contributed by atoms with van der Waals surface area (Å²) in [6, 6.07) is 0. The summed E-state index contributed by atoms with van der Waals surface area (Å²) in [5, 5.41) is 0.492. The zero-order chi connectivity index (χ0) is 22.3. The van der Waals surface area contributed by atoms with Crippen molar-refractivity contribution in [1.82, 2.24) is 0 Å². The summed E-state index contributed by atoms with van der Waals surface area (Å²) in [7, 11) is -0.885. The lowest BCUT2D eigenvalue weighted by molar-refractivity contribution is -0.0877. The van der Waals surface area contributed by atoms with Gasteiger partial charge in [-0.2, -0.15) is 0 Å². The molecule has 0 aromatic heterocycles. The van der Waals surface area contributed by atoms with Gasteiger partial charge in [0.05, 0.1) is 16.3 Å². The van der Waals surface area contributed by atoms with Crippen molar-refractivity contribution < 1.29 is 9.35 Å². The lowest BCUT2D eigenvalue weighted by atomic mass is 9.75. The predicted molar refractivity (Wildman–Crippen MR) is 144 cm³/mol. The minimum Gasteiger partial charge on any atom is -0.211 e. The summed E-state index contributed by atoms with van der Waals surface area (Å²) in [5.41, 5.74) is 2.48. The molecule has 0 radical (unpaired) electrons. The average molecular weight is 495 g/mol. The van der Waals surface area contributed by atoms with E-state index in [9.17, 15) is 0 Å². The summed E-state index contributed by atoms with van der Waals surface area (Å²) in [4.78, 5) is 0. The van der Waals surface area contributed by atoms with Crippen LogP contribution in [0.5, 0.6) is 0 Å². The minimum absolute atomic E-state index is 0.412. The molecule has 3 unspecified atom stereocenters. The molecule has 5 aliphatic rings. The number of hydrogen-bond acceptors (Lipinski definition) is 2. The Morgan fingerprint density at radius 1 is 0.424 bits per heavy atom. The molecule has 0 bridgehead atoms. The molecule has 0 aromatic carbocycles. The summed E-state index contributed by atoms with van der Waals surface area (Å²) in [5.74, 6) is 0.931. The molecule has 4 heteroatoms. The third kappa shape index (κ3) is 6.20. The van der Waals surface area contributed by atoms with E-state index in [-0.39, 0.29) is 0 Å². The lowest BCUT2D eigenvalue weighted by Gasteiger charge is -2.51. The second-order valence-electron chi connectivity index (χ2n) is 12.4. The van der Waals surface area contributed by atoms with Crippen LogP contribution in [-0.2, 0) is 9.35 Å². The average Bonchev–Trinajstić information content (AvgIpc) is 3.11. The van der Waals surface area contributed by atoms with E-state index in [1.54, 1.807) is 0 Å². The van der Waals surface area contributed by atoms with Gasteiger partial charge in [0.15, 0.2) is 0 Å². The predicted octanol–water partition coefficient (Wildman–Crippen LogP) is 10.6. The van der Waals surface area contributed by atoms with Gasteiger partial charge in [-0.25, -0.2) is 9.35 Å². The van der Waals surface area contributed by atoms with E-state index in [4.69, 9.17) is 9.35 Å². The van der Waals surface area contributed by atoms with E-state index in [1.165, 1.54) is 154 Å². The number of fused-ring (bicyclic) bond motifs is 1. The van der Waals surface area contributed by atoms with E-state index < -0.39 is 16.3 Å². The smallest absolute Gasteiger partial charge is 0.0809 e. The van der Waals surface area contributed by atoms with Crippen LogP contribution in [0.25, 0.3) is 0 Å². The first-order valence-corrected chi connectivity index (χ1v) is 18.0. The van der Waals surface area contributed by atoms with Crippen molar-refractivity contribution in [3.8, 4) is 0 Å². The highest BCUT2D eigenvalue weighted by Gasteiger charge is 2.51. The molecule has 0 amide bonds. The fourth-order valence-electron chi connectivity index (χ4n) is 8.42. The Bertz CT molecular complexity index is 550. The quantitative estimate of drug-likeness (QED) is 0.199. The van der Waals surface area contributed by atoms with Crippen LogP contribution in [0.2, 0.25) is 0 Å². The summed E-state index contributed by atoms with van der Waals surface area (Å²) in [6.45, 7) is 0. The van der Waals surface area contributed by atoms with Crippen LogP contribution < -0.4 is 0 Å². The molecule has 3 atom stereocenters. The molecule has 190 valence electrons. The highest BCUT2D eigenvalue weighted by atomic mass is 31.2. The van der Waals surface area contributed by atoms with Crippen molar-refractivity contribution >= 4 is 16.3 Å². The third-order valence-electron chi connectivity index (χ3n) is 10.2. The Balaban J connectivity index is 1.37. The van der Waals surface area contributed by atoms with Crippen LogP contribution in [0.1, 0.15) is 154 Å². The van der Waals surface area contributed by atoms with Crippen molar-refractivity contribution in [3.05, 3.63) is 0 Å². The molecular weight excluding hydrogens is 442 g/mol. The molecule has 5 saturated carbocycles. The fourth-order valence-corrected chi connectivity index (χ4v) is 14.8. The summed E-state index contributed by atoms with van der Waals surface area (Å²) < 4.78 is 14.1. The van der Waals surface area contributed by atoms with E-state index in [0.717, 1.165) is 22.9 Å². The number of rotatable bonds is 7. The first kappa shape index (κ1) is 25.4. The third-order valence-corrected chi connectivity index (χ3v) is 16.2. The maximum atomic E-state index is 7.10. The van der Waals surface area contributed by atoms with Crippen LogP contribution in [0.3, 0.4) is 0 Å². The molecule has 0 heterocycles. The molecular formula is C29H52O2P2. The van der Waals surface area contributed by atoms with Gasteiger partial charge in [-0.3, -0.25) is 0 Å². The van der Waals surface area contributed by atoms with Crippen molar-refractivity contribution in [2.24, 2.45) is 5.92 Å². The summed E-state index contributed by atoms with van der Waals surface area (Å²) in [6.07, 6.45) is 34.6. The molecule has 33 heavy (non-hydrogen) atoms. The van der Waals surface area contributed by atoms with Gasteiger partial charge in [-0.05, 0) is 70.1 Å². The van der Waals surface area contributed by atoms with E-state index in [1.807, 2.05) is 0 Å². The SMILES string of the molecule is C1CCC(P(OOP(C2CCCCC2)C23CCCCCC2CCCC3)C2CCCCC2)CC1. The van der Waals surface area contributed by atoms with E-state index in [2.05, 4.69) is 0 Å². The zero-order valence-corrected chi connectivity index (χ0v) is 23.3. The number of hydrogen-bond donors (Lipinski definition) is 0. The van der Waals surface area contributed by atoms with Crippen LogP contribution in [0.15, 0.2) is 0 Å². The highest BCUT2D eigenvalue weighted by Crippen LogP contribution is 2.70. The van der Waals surface area contributed by atoms with Gasteiger partial charge in [0, 0.05) is 22.1 Å². The Morgan fingerprint density at radius 2 is 0.848 bits per heavy atom. The van der Waals surface area contributed by atoms with Crippen LogP contribution in [-0.4, -0.2) is 22.1 Å². The maximum absolute atomic E-state index is 7.10. The van der Waals surface area contributed by atoms with Gasteiger partial charge in [0.2, 0.25) is 0 Å². The molecule has 0 saturated heterocycles. The molecule has 5 rings (SSSR count). The molecule has 0 N–H and O–H groups in total. The minimum atomic E-state index is -0.473. The summed E-state index contributed by atoms with van der Waals surface area (Å²) >= 11 is 0. The maximum Gasteiger partial charge on any atom is 0.0809 e. The van der Waals surface area contributed by atoms with Gasteiger partial charge < -0.3 is 0 Å². The Kier molecular flexibility index (Phi) is 9.89. The standard InChI is InChI=1S/C29H52O2P2/c1-6-17-26(18-7-1)32(27-19-8-2-9-20-27)30-31-33(28-21-10-3-11-22-28)29-23-13-4-5-15-25(29)16-12-14-24-29/h25-28H,1-24H2. The largest absolute Gasteiger partial charge is 0.211 e. The van der Waals surface area contributed by atoms with Crippen LogP contribution >= 0.6 is 16.3 Å². The van der Waals surface area contributed by atoms with Crippen LogP contribution in [0.4, 0.5) is 0 Å². The molecule has 0 aromatic rings. The van der Waals surface area contributed by atoms with Crippen molar-refractivity contribution in [2.45, 2.75) is 176 Å². The molecule has 5 fully saturated rings. The monoisotopic (exact) mass is 494 g/mol. The second-order valence-corrected chi connectivity index (χ2v) is 17.1. The Labute approximate surface area is 207 Å². The fraction of sp³-hybridized carbons (Fsp3) is 1.00. The van der Waals surface area contributed by atoms with Crippen LogP contribution in [0, 0.1) is 5.92 Å². The van der Waals surface area contributed by atoms with Crippen molar-refractivity contribution in [3.63, 3.8) is 0 Å². The van der Waals surface area contributed by atoms with E-state index >= 15 is 0 Å². The van der Waals surface area contributed by atoms with E-state index in [0.29, 0.717) is 5.16 Å². The molecule has 0 spiro atoms. The Morgan fingerprint density at radius 3 is 1.42 bits per heavy atom. The first-order valence-electron chi connectivity index (χ1n) is 15.3. The van der Waals surface area contributed by atoms with Gasteiger partial charge in [0.1, 0.15) is 0 Å². The van der Waals surface area contributed by atoms with Gasteiger partial charge in [-0.15, -0.1) is 0 Å². The topological polar surface area (TPSA) is 18.5 Å². The molecule has 2 nitrogen and oxygen atoms in total. The zero-order valence-electron chi connectivity index (χ0n) is 21.5. The molecule has 5 aliphatic carbocycles. The highest BCUT2D eigenvalue weighted by molar-refractivity contribution is 7.57. The van der Waals surface area contributed by atoms with Gasteiger partial charge in [-0.1, -0.05) is 89.9 Å². The van der Waals surface area contributed by atoms with Crippen molar-refractivity contribution in [2.75, 3.05) is 0 Å². The Hall–Kier alpha value is 0.780. The normalized spacial score (nSPS) is 34.6. The van der Waals surface area contributed by atoms with Gasteiger partial charge >= 0.3 is 0 Å². The lowest BCUT2D eigenvalue weighted by Crippen LogP contribution is -2.41. The van der Waals surface area contributed by atoms with Gasteiger partial charge in [0.25, 0.3) is 0 Å².